The first-order valence-electron chi connectivity index (χ1n) is 9.07. The molecule has 1 saturated heterocycles. The van der Waals surface area contributed by atoms with Crippen LogP contribution in [0.1, 0.15) is 31.4 Å². The molecule has 6 heteroatoms. The monoisotopic (exact) mass is 346 g/mol. The van der Waals surface area contributed by atoms with Gasteiger partial charge in [0.05, 0.1) is 6.54 Å². The fourth-order valence-electron chi connectivity index (χ4n) is 2.91. The molecule has 1 aromatic rings. The van der Waals surface area contributed by atoms with E-state index in [2.05, 4.69) is 51.6 Å². The number of rotatable bonds is 6. The van der Waals surface area contributed by atoms with Gasteiger partial charge in [-0.3, -0.25) is 19.9 Å². The number of piperazine rings is 1. The predicted octanol–water partition coefficient (Wildman–Crippen LogP) is 1.74. The van der Waals surface area contributed by atoms with E-state index in [1.807, 2.05) is 13.8 Å². The third kappa shape index (κ3) is 6.84. The molecule has 1 heterocycles. The largest absolute Gasteiger partial charge is 0.335 e. The number of aryl methyl sites for hydroxylation is 1. The van der Waals surface area contributed by atoms with Crippen LogP contribution in [0.15, 0.2) is 24.3 Å². The van der Waals surface area contributed by atoms with Gasteiger partial charge >= 0.3 is 6.03 Å². The van der Waals surface area contributed by atoms with Crippen molar-refractivity contribution in [2.45, 2.75) is 39.8 Å². The predicted molar refractivity (Wildman–Crippen MR) is 99.3 cm³/mol. The van der Waals surface area contributed by atoms with Crippen LogP contribution < -0.4 is 10.6 Å². The van der Waals surface area contributed by atoms with E-state index in [1.165, 1.54) is 11.1 Å². The van der Waals surface area contributed by atoms with Crippen molar-refractivity contribution in [3.05, 3.63) is 35.4 Å². The quantitative estimate of drug-likeness (QED) is 0.823. The second kappa shape index (κ2) is 9.53. The number of nitrogens with one attached hydrogen (secondary N) is 2. The Morgan fingerprint density at radius 3 is 2.48 bits per heavy atom. The van der Waals surface area contributed by atoms with E-state index in [1.54, 1.807) is 0 Å². The van der Waals surface area contributed by atoms with Crippen molar-refractivity contribution in [2.75, 3.05) is 32.7 Å². The number of amides is 3. The standard InChI is InChI=1S/C19H30N4O2/c1-4-16(3)20-19(25)21-18(24)14-23-10-8-22(9-11-23)13-17-7-5-6-15(2)12-17/h5-7,12,16H,4,8-11,13-14H2,1-3H3,(H2,20,21,24,25)/t16-/m1/s1. The summed E-state index contributed by atoms with van der Waals surface area (Å²) < 4.78 is 0. The first-order valence-corrected chi connectivity index (χ1v) is 9.07. The molecule has 0 saturated carbocycles. The van der Waals surface area contributed by atoms with Crippen LogP contribution in [0.4, 0.5) is 4.79 Å². The van der Waals surface area contributed by atoms with Gasteiger partial charge < -0.3 is 5.32 Å². The maximum atomic E-state index is 12.0. The summed E-state index contributed by atoms with van der Waals surface area (Å²) in [5, 5.41) is 5.14. The van der Waals surface area contributed by atoms with Gasteiger partial charge in [-0.2, -0.15) is 0 Å². The highest BCUT2D eigenvalue weighted by molar-refractivity contribution is 5.95. The molecule has 1 atom stereocenters. The van der Waals surface area contributed by atoms with Gasteiger partial charge in [0.25, 0.3) is 0 Å². The zero-order valence-electron chi connectivity index (χ0n) is 15.5. The first-order chi connectivity index (χ1) is 12.0. The Balaban J connectivity index is 1.69. The molecule has 2 rings (SSSR count). The second-order valence-electron chi connectivity index (χ2n) is 6.87. The van der Waals surface area contributed by atoms with Gasteiger partial charge in [0, 0.05) is 38.8 Å². The Bertz CT molecular complexity index is 583. The summed E-state index contributed by atoms with van der Waals surface area (Å²) in [5.41, 5.74) is 2.61. The van der Waals surface area contributed by atoms with E-state index >= 15 is 0 Å². The van der Waals surface area contributed by atoms with E-state index in [-0.39, 0.29) is 18.5 Å². The molecule has 0 bridgehead atoms. The van der Waals surface area contributed by atoms with Crippen molar-refractivity contribution < 1.29 is 9.59 Å². The van der Waals surface area contributed by atoms with Crippen LogP contribution in [0.3, 0.4) is 0 Å². The maximum absolute atomic E-state index is 12.0. The van der Waals surface area contributed by atoms with Crippen molar-refractivity contribution >= 4 is 11.9 Å². The first kappa shape index (κ1) is 19.4. The molecule has 25 heavy (non-hydrogen) atoms. The molecule has 6 nitrogen and oxygen atoms in total. The van der Waals surface area contributed by atoms with Crippen LogP contribution in [0.25, 0.3) is 0 Å². The molecule has 2 N–H and O–H groups in total. The number of benzene rings is 1. The van der Waals surface area contributed by atoms with Crippen molar-refractivity contribution in [2.24, 2.45) is 0 Å². The molecule has 0 aliphatic carbocycles. The summed E-state index contributed by atoms with van der Waals surface area (Å²) in [4.78, 5) is 28.1. The average molecular weight is 346 g/mol. The highest BCUT2D eigenvalue weighted by atomic mass is 16.2. The minimum atomic E-state index is -0.405. The average Bonchev–Trinajstić information content (AvgIpc) is 2.56. The number of imide groups is 1. The van der Waals surface area contributed by atoms with Crippen molar-refractivity contribution in [1.82, 2.24) is 20.4 Å². The minimum Gasteiger partial charge on any atom is -0.335 e. The summed E-state index contributed by atoms with van der Waals surface area (Å²) >= 11 is 0. The van der Waals surface area contributed by atoms with Crippen LogP contribution in [-0.2, 0) is 11.3 Å². The molecule has 0 aromatic heterocycles. The maximum Gasteiger partial charge on any atom is 0.321 e. The minimum absolute atomic E-state index is 0.0676. The van der Waals surface area contributed by atoms with Gasteiger partial charge in [0.1, 0.15) is 0 Å². The van der Waals surface area contributed by atoms with E-state index in [0.717, 1.165) is 39.1 Å². The smallest absolute Gasteiger partial charge is 0.321 e. The fourth-order valence-corrected chi connectivity index (χ4v) is 2.91. The molecule has 0 spiro atoms. The van der Waals surface area contributed by atoms with Crippen LogP contribution in [-0.4, -0.2) is 60.5 Å². The van der Waals surface area contributed by atoms with E-state index < -0.39 is 6.03 Å². The normalized spacial score (nSPS) is 17.1. The van der Waals surface area contributed by atoms with Gasteiger partial charge in [-0.1, -0.05) is 36.8 Å². The molecule has 0 radical (unpaired) electrons. The number of urea groups is 1. The van der Waals surface area contributed by atoms with Crippen molar-refractivity contribution in [1.29, 1.82) is 0 Å². The Kier molecular flexibility index (Phi) is 7.40. The summed E-state index contributed by atoms with van der Waals surface area (Å²) in [6.07, 6.45) is 0.838. The van der Waals surface area contributed by atoms with Crippen LogP contribution in [0.5, 0.6) is 0 Å². The van der Waals surface area contributed by atoms with Crippen molar-refractivity contribution in [3.8, 4) is 0 Å². The highest BCUT2D eigenvalue weighted by Crippen LogP contribution is 2.10. The molecule has 1 aromatic carbocycles. The van der Waals surface area contributed by atoms with Crippen molar-refractivity contribution in [3.63, 3.8) is 0 Å². The Hall–Kier alpha value is -1.92. The molecular weight excluding hydrogens is 316 g/mol. The Labute approximate surface area is 150 Å². The van der Waals surface area contributed by atoms with E-state index in [4.69, 9.17) is 0 Å². The lowest BCUT2D eigenvalue weighted by Crippen LogP contribution is -2.51. The van der Waals surface area contributed by atoms with Crippen LogP contribution in [0, 0.1) is 6.92 Å². The molecule has 1 fully saturated rings. The third-order valence-corrected chi connectivity index (χ3v) is 4.56. The molecule has 138 valence electrons. The molecule has 1 aliphatic heterocycles. The second-order valence-corrected chi connectivity index (χ2v) is 6.87. The molecule has 0 unspecified atom stereocenters. The summed E-state index contributed by atoms with van der Waals surface area (Å²) in [7, 11) is 0. The number of hydrogen-bond donors (Lipinski definition) is 2. The lowest BCUT2D eigenvalue weighted by molar-refractivity contribution is -0.121. The number of carbonyl (C=O) groups excluding carboxylic acids is 2. The number of nitrogens with zero attached hydrogens (tertiary/aromatic N) is 2. The summed E-state index contributed by atoms with van der Waals surface area (Å²) in [5.74, 6) is -0.243. The highest BCUT2D eigenvalue weighted by Gasteiger charge is 2.20. The SMILES string of the molecule is CC[C@@H](C)NC(=O)NC(=O)CN1CCN(Cc2cccc(C)c2)CC1. The number of hydrogen-bond acceptors (Lipinski definition) is 4. The third-order valence-electron chi connectivity index (χ3n) is 4.56. The van der Waals surface area contributed by atoms with Gasteiger partial charge in [0.15, 0.2) is 0 Å². The molecule has 1 aliphatic rings. The van der Waals surface area contributed by atoms with Crippen LogP contribution >= 0.6 is 0 Å². The van der Waals surface area contributed by atoms with Gasteiger partial charge in [-0.05, 0) is 25.8 Å². The fraction of sp³-hybridized carbons (Fsp3) is 0.579. The van der Waals surface area contributed by atoms with Gasteiger partial charge in [0.2, 0.25) is 5.91 Å². The topological polar surface area (TPSA) is 64.7 Å². The number of carbonyl (C=O) groups is 2. The molecule has 3 amide bonds. The lowest BCUT2D eigenvalue weighted by Gasteiger charge is -2.34. The summed E-state index contributed by atoms with van der Waals surface area (Å²) in [6, 6.07) is 8.24. The van der Waals surface area contributed by atoms with E-state index in [0.29, 0.717) is 0 Å². The summed E-state index contributed by atoms with van der Waals surface area (Å²) in [6.45, 7) is 10.8. The zero-order chi connectivity index (χ0) is 18.2. The van der Waals surface area contributed by atoms with Gasteiger partial charge in [-0.25, -0.2) is 4.79 Å². The Morgan fingerprint density at radius 1 is 1.16 bits per heavy atom. The zero-order valence-corrected chi connectivity index (χ0v) is 15.5. The van der Waals surface area contributed by atoms with E-state index in [9.17, 15) is 9.59 Å². The van der Waals surface area contributed by atoms with Gasteiger partial charge in [-0.15, -0.1) is 0 Å². The Morgan fingerprint density at radius 2 is 1.84 bits per heavy atom. The van der Waals surface area contributed by atoms with Crippen LogP contribution in [0.2, 0.25) is 0 Å². The lowest BCUT2D eigenvalue weighted by atomic mass is 10.1. The molecular formula is C19H30N4O2.